The fourth-order valence-corrected chi connectivity index (χ4v) is 4.93. The highest BCUT2D eigenvalue weighted by atomic mass is 16.5. The number of benzene rings is 1. The zero-order valence-electron chi connectivity index (χ0n) is 19.5. The summed E-state index contributed by atoms with van der Waals surface area (Å²) in [6.07, 6.45) is 7.15. The van der Waals surface area contributed by atoms with Gasteiger partial charge in [0.2, 0.25) is 11.9 Å². The lowest BCUT2D eigenvalue weighted by Gasteiger charge is -2.26. The zero-order chi connectivity index (χ0) is 22.9. The largest absolute Gasteiger partial charge is 0.495 e. The summed E-state index contributed by atoms with van der Waals surface area (Å²) in [5.41, 5.74) is 4.24. The molecular weight excluding hydrogens is 418 g/mol. The number of amides is 1. The standard InChI is InChI=1S/C24H31N7O2/c1-4-22(32)30-8-5-6-19(30)15-31-23-18(13-26-31)12-25-24(28-23)27-20-10-17-14-29(2)9-7-16(17)11-21(20)33-3/h10-13,19H,4-9,14-15H2,1-3H3,(H,25,27,28)/t19-/m0/s1. The summed E-state index contributed by atoms with van der Waals surface area (Å²) in [4.78, 5) is 25.9. The van der Waals surface area contributed by atoms with Crippen molar-refractivity contribution in [3.8, 4) is 5.75 Å². The van der Waals surface area contributed by atoms with Crippen LogP contribution in [0.15, 0.2) is 24.5 Å². The third kappa shape index (κ3) is 4.25. The fourth-order valence-electron chi connectivity index (χ4n) is 4.93. The van der Waals surface area contributed by atoms with E-state index in [9.17, 15) is 4.79 Å². The number of nitrogens with one attached hydrogen (secondary N) is 1. The Bertz CT molecular complexity index is 1180. The van der Waals surface area contributed by atoms with Crippen LogP contribution in [0.4, 0.5) is 11.6 Å². The monoisotopic (exact) mass is 449 g/mol. The number of carbonyl (C=O) groups excluding carboxylic acids is 1. The molecule has 1 N–H and O–H groups in total. The molecule has 1 aromatic carbocycles. The zero-order valence-corrected chi connectivity index (χ0v) is 19.5. The number of fused-ring (bicyclic) bond motifs is 2. The minimum absolute atomic E-state index is 0.157. The predicted molar refractivity (Wildman–Crippen MR) is 127 cm³/mol. The molecule has 5 rings (SSSR count). The molecule has 9 nitrogen and oxygen atoms in total. The van der Waals surface area contributed by atoms with E-state index in [1.807, 2.05) is 16.5 Å². The summed E-state index contributed by atoms with van der Waals surface area (Å²) >= 11 is 0. The average Bonchev–Trinajstić information content (AvgIpc) is 3.45. The maximum absolute atomic E-state index is 12.3. The lowest BCUT2D eigenvalue weighted by molar-refractivity contribution is -0.131. The van der Waals surface area contributed by atoms with Crippen molar-refractivity contribution in [3.63, 3.8) is 0 Å². The van der Waals surface area contributed by atoms with Crippen LogP contribution in [0.3, 0.4) is 0 Å². The van der Waals surface area contributed by atoms with Crippen LogP contribution in [0.1, 0.15) is 37.3 Å². The number of anilines is 2. The predicted octanol–water partition coefficient (Wildman–Crippen LogP) is 2.97. The van der Waals surface area contributed by atoms with Crippen LogP contribution in [0, 0.1) is 0 Å². The van der Waals surface area contributed by atoms with Gasteiger partial charge < -0.3 is 19.9 Å². The Morgan fingerprint density at radius 3 is 2.94 bits per heavy atom. The van der Waals surface area contributed by atoms with Gasteiger partial charge in [-0.15, -0.1) is 0 Å². The molecule has 9 heteroatoms. The normalized spacial score (nSPS) is 18.5. The van der Waals surface area contributed by atoms with Gasteiger partial charge in [-0.2, -0.15) is 10.1 Å². The Kier molecular flexibility index (Phi) is 5.88. The number of carbonyl (C=O) groups is 1. The molecule has 0 unspecified atom stereocenters. The van der Waals surface area contributed by atoms with Crippen molar-refractivity contribution in [2.24, 2.45) is 0 Å². The van der Waals surface area contributed by atoms with Crippen LogP contribution in [0.5, 0.6) is 5.75 Å². The van der Waals surface area contributed by atoms with Gasteiger partial charge in [-0.1, -0.05) is 6.92 Å². The Hall–Kier alpha value is -3.20. The first-order chi connectivity index (χ1) is 16.1. The molecule has 2 aromatic heterocycles. The molecule has 0 radical (unpaired) electrons. The molecule has 1 saturated heterocycles. The highest BCUT2D eigenvalue weighted by Crippen LogP contribution is 2.33. The molecule has 0 aliphatic carbocycles. The van der Waals surface area contributed by atoms with Gasteiger partial charge in [0, 0.05) is 32.3 Å². The van der Waals surface area contributed by atoms with E-state index in [0.717, 1.165) is 61.4 Å². The minimum atomic E-state index is 0.157. The highest BCUT2D eigenvalue weighted by Gasteiger charge is 2.28. The van der Waals surface area contributed by atoms with Gasteiger partial charge in [0.05, 0.1) is 37.0 Å². The number of likely N-dealkylation sites (N-methyl/N-ethyl adjacent to an activating group) is 1. The Labute approximate surface area is 193 Å². The number of hydrogen-bond donors (Lipinski definition) is 1. The van der Waals surface area contributed by atoms with Crippen molar-refractivity contribution in [2.75, 3.05) is 32.6 Å². The maximum Gasteiger partial charge on any atom is 0.229 e. The van der Waals surface area contributed by atoms with Crippen LogP contribution in [-0.2, 0) is 24.3 Å². The molecule has 0 saturated carbocycles. The van der Waals surface area contributed by atoms with Crippen LogP contribution in [0.2, 0.25) is 0 Å². The molecule has 0 spiro atoms. The molecule has 3 aromatic rings. The minimum Gasteiger partial charge on any atom is -0.495 e. The van der Waals surface area contributed by atoms with E-state index in [1.54, 1.807) is 19.5 Å². The molecule has 0 bridgehead atoms. The number of hydrogen-bond acceptors (Lipinski definition) is 7. The highest BCUT2D eigenvalue weighted by molar-refractivity contribution is 5.77. The maximum atomic E-state index is 12.3. The summed E-state index contributed by atoms with van der Waals surface area (Å²) in [5.74, 6) is 1.49. The van der Waals surface area contributed by atoms with E-state index in [0.29, 0.717) is 18.9 Å². The van der Waals surface area contributed by atoms with Gasteiger partial charge in [0.1, 0.15) is 5.75 Å². The smallest absolute Gasteiger partial charge is 0.229 e. The third-order valence-corrected chi connectivity index (χ3v) is 6.73. The van der Waals surface area contributed by atoms with Crippen molar-refractivity contribution in [1.29, 1.82) is 0 Å². The topological polar surface area (TPSA) is 88.4 Å². The van der Waals surface area contributed by atoms with Crippen molar-refractivity contribution in [2.45, 2.75) is 51.7 Å². The lowest BCUT2D eigenvalue weighted by Crippen LogP contribution is -2.37. The molecule has 1 atom stereocenters. The van der Waals surface area contributed by atoms with Crippen LogP contribution >= 0.6 is 0 Å². The molecule has 4 heterocycles. The molecule has 1 amide bonds. The van der Waals surface area contributed by atoms with Gasteiger partial charge in [-0.3, -0.25) is 4.79 Å². The molecular formula is C24H31N7O2. The van der Waals surface area contributed by atoms with Crippen LogP contribution in [-0.4, -0.2) is 68.7 Å². The van der Waals surface area contributed by atoms with Crippen LogP contribution in [0.25, 0.3) is 11.0 Å². The molecule has 1 fully saturated rings. The molecule has 2 aliphatic heterocycles. The first-order valence-corrected chi connectivity index (χ1v) is 11.7. The van der Waals surface area contributed by atoms with Gasteiger partial charge in [0.25, 0.3) is 0 Å². The lowest BCUT2D eigenvalue weighted by atomic mass is 9.99. The van der Waals surface area contributed by atoms with E-state index in [2.05, 4.69) is 39.5 Å². The van der Waals surface area contributed by atoms with Crippen molar-refractivity contribution >= 4 is 28.6 Å². The van der Waals surface area contributed by atoms with Crippen molar-refractivity contribution in [1.82, 2.24) is 29.5 Å². The van der Waals surface area contributed by atoms with Crippen LogP contribution < -0.4 is 10.1 Å². The van der Waals surface area contributed by atoms with E-state index in [1.165, 1.54) is 11.1 Å². The van der Waals surface area contributed by atoms with Crippen molar-refractivity contribution < 1.29 is 9.53 Å². The summed E-state index contributed by atoms with van der Waals surface area (Å²) in [6, 6.07) is 4.42. The SMILES string of the molecule is CCC(=O)N1CCC[C@H]1Cn1ncc2cnc(Nc3cc4c(cc3OC)CCN(C)C4)nc21. The molecule has 33 heavy (non-hydrogen) atoms. The first-order valence-electron chi connectivity index (χ1n) is 11.7. The van der Waals surface area contributed by atoms with E-state index in [4.69, 9.17) is 9.72 Å². The van der Waals surface area contributed by atoms with Gasteiger partial charge in [-0.05, 0) is 49.6 Å². The number of rotatable bonds is 6. The Balaban J connectivity index is 1.41. The third-order valence-electron chi connectivity index (χ3n) is 6.73. The summed E-state index contributed by atoms with van der Waals surface area (Å²) in [6.45, 7) is 5.34. The Morgan fingerprint density at radius 2 is 2.12 bits per heavy atom. The van der Waals surface area contributed by atoms with E-state index >= 15 is 0 Å². The first kappa shape index (κ1) is 21.6. The van der Waals surface area contributed by atoms with E-state index in [-0.39, 0.29) is 11.9 Å². The van der Waals surface area contributed by atoms with Gasteiger partial charge in [-0.25, -0.2) is 9.67 Å². The molecule has 174 valence electrons. The number of nitrogens with zero attached hydrogens (tertiary/aromatic N) is 6. The summed E-state index contributed by atoms with van der Waals surface area (Å²) < 4.78 is 7.55. The van der Waals surface area contributed by atoms with Gasteiger partial charge >= 0.3 is 0 Å². The van der Waals surface area contributed by atoms with Crippen molar-refractivity contribution in [3.05, 3.63) is 35.7 Å². The number of likely N-dealkylation sites (tertiary alicyclic amines) is 1. The number of aromatic nitrogens is 4. The second-order valence-corrected chi connectivity index (χ2v) is 8.97. The number of methoxy groups -OCH3 is 1. The quantitative estimate of drug-likeness (QED) is 0.619. The molecule has 2 aliphatic rings. The number of ether oxygens (including phenoxy) is 1. The Morgan fingerprint density at radius 1 is 1.24 bits per heavy atom. The van der Waals surface area contributed by atoms with Gasteiger partial charge in [0.15, 0.2) is 5.65 Å². The second-order valence-electron chi connectivity index (χ2n) is 8.97. The second kappa shape index (κ2) is 8.97. The summed E-state index contributed by atoms with van der Waals surface area (Å²) in [7, 11) is 3.82. The summed E-state index contributed by atoms with van der Waals surface area (Å²) in [5, 5.41) is 8.78. The van der Waals surface area contributed by atoms with E-state index < -0.39 is 0 Å². The average molecular weight is 450 g/mol. The fraction of sp³-hybridized carbons (Fsp3) is 0.500.